The van der Waals surface area contributed by atoms with Crippen LogP contribution in [0.5, 0.6) is 0 Å². The predicted octanol–water partition coefficient (Wildman–Crippen LogP) is 5.77. The standard InChI is InChI=1S/C35H53NO7S/c1-7-9-10-12-15-26-19-27-21-44-34(36-27)24(5)29(38)20-28(37)16-13-11-14-17-30(43-35(26)42)33(41)32(40)25(6)31(39)23(4)18-22(3)8-2/h8,11,13-14,16,18-19,21,24-25,28-33,37-41H,7,9-10,12,15,17,20H2,1-6H3/b14-11-,16-13+,22-8+,23-18+,26-19+/t24-,25?,28-,29+,30+,31?,32-,33-/m0/s1. The van der Waals surface area contributed by atoms with Crippen LogP contribution in [0.15, 0.2) is 58.6 Å². The van der Waals surface area contributed by atoms with Crippen molar-refractivity contribution in [2.24, 2.45) is 5.92 Å². The van der Waals surface area contributed by atoms with Crippen molar-refractivity contribution >= 4 is 23.4 Å². The highest BCUT2D eigenvalue weighted by atomic mass is 32.1. The van der Waals surface area contributed by atoms with Crippen LogP contribution >= 0.6 is 11.3 Å². The van der Waals surface area contributed by atoms with Gasteiger partial charge in [-0.05, 0) is 45.3 Å². The van der Waals surface area contributed by atoms with Crippen molar-refractivity contribution in [2.75, 3.05) is 0 Å². The number of aliphatic hydroxyl groups is 5. The maximum absolute atomic E-state index is 13.6. The Morgan fingerprint density at radius 2 is 1.89 bits per heavy atom. The van der Waals surface area contributed by atoms with Crippen LogP contribution < -0.4 is 0 Å². The fourth-order valence-electron chi connectivity index (χ4n) is 5.04. The third-order valence-electron chi connectivity index (χ3n) is 8.23. The number of cyclic esters (lactones) is 1. The van der Waals surface area contributed by atoms with Crippen molar-refractivity contribution in [1.29, 1.82) is 0 Å². The van der Waals surface area contributed by atoms with Gasteiger partial charge in [-0.1, -0.05) is 82.1 Å². The molecule has 2 unspecified atom stereocenters. The Morgan fingerprint density at radius 1 is 1.16 bits per heavy atom. The second-order valence-corrected chi connectivity index (χ2v) is 12.8. The topological polar surface area (TPSA) is 140 Å². The summed E-state index contributed by atoms with van der Waals surface area (Å²) in [4.78, 5) is 18.3. The van der Waals surface area contributed by atoms with Gasteiger partial charge in [-0.15, -0.1) is 11.3 Å². The first kappa shape index (κ1) is 37.8. The van der Waals surface area contributed by atoms with Gasteiger partial charge in [-0.2, -0.15) is 0 Å². The lowest BCUT2D eigenvalue weighted by Gasteiger charge is -2.32. The number of hydrogen-bond donors (Lipinski definition) is 5. The van der Waals surface area contributed by atoms with Crippen molar-refractivity contribution in [2.45, 2.75) is 129 Å². The Labute approximate surface area is 267 Å². The number of thiazole rings is 1. The maximum atomic E-state index is 13.6. The van der Waals surface area contributed by atoms with Gasteiger partial charge in [-0.3, -0.25) is 0 Å². The summed E-state index contributed by atoms with van der Waals surface area (Å²) >= 11 is 1.38. The third-order valence-corrected chi connectivity index (χ3v) is 9.29. The normalized spacial score (nSPS) is 28.2. The fraction of sp³-hybridized carbons (Fsp3) is 0.600. The van der Waals surface area contributed by atoms with Gasteiger partial charge in [-0.25, -0.2) is 9.78 Å². The molecule has 0 amide bonds. The molecule has 1 aromatic rings. The lowest BCUT2D eigenvalue weighted by atomic mass is 9.87. The molecule has 44 heavy (non-hydrogen) atoms. The van der Waals surface area contributed by atoms with E-state index < -0.39 is 48.5 Å². The molecule has 0 spiro atoms. The molecule has 1 aromatic heterocycles. The predicted molar refractivity (Wildman–Crippen MR) is 177 cm³/mol. The molecular weight excluding hydrogens is 578 g/mol. The van der Waals surface area contributed by atoms with E-state index in [1.54, 1.807) is 44.2 Å². The highest BCUT2D eigenvalue weighted by Crippen LogP contribution is 2.28. The van der Waals surface area contributed by atoms with E-state index in [-0.39, 0.29) is 18.8 Å². The van der Waals surface area contributed by atoms with Crippen LogP contribution in [0.2, 0.25) is 0 Å². The van der Waals surface area contributed by atoms with Gasteiger partial charge in [0.15, 0.2) is 0 Å². The summed E-state index contributed by atoms with van der Waals surface area (Å²) in [6.07, 6.45) is 9.78. The summed E-state index contributed by atoms with van der Waals surface area (Å²) in [5.74, 6) is -1.66. The van der Waals surface area contributed by atoms with Gasteiger partial charge in [0.25, 0.3) is 0 Å². The SMILES string of the molecule is C/C=C(C)/C=C(\C)C(O)C(C)[C@H](O)[C@@H](O)[C@H]1C/C=C\C=C\[C@H](O)C[C@@H](O)[C@H](C)c2nc(cs2)/C=C(\CCCCCC)C(=O)O1. The van der Waals surface area contributed by atoms with Gasteiger partial charge in [0.05, 0.1) is 35.1 Å². The number of carbonyl (C=O) groups excluding carboxylic acids is 1. The number of aliphatic hydroxyl groups excluding tert-OH is 5. The van der Waals surface area contributed by atoms with E-state index in [1.165, 1.54) is 11.3 Å². The Balaban J connectivity index is 2.44. The van der Waals surface area contributed by atoms with Gasteiger partial charge in [0.1, 0.15) is 12.2 Å². The Morgan fingerprint density at radius 3 is 2.57 bits per heavy atom. The molecular formula is C35H53NO7S. The number of esters is 1. The first-order valence-electron chi connectivity index (χ1n) is 15.8. The average molecular weight is 632 g/mol. The van der Waals surface area contributed by atoms with Gasteiger partial charge >= 0.3 is 5.97 Å². The monoisotopic (exact) mass is 631 g/mol. The molecule has 2 bridgehead atoms. The summed E-state index contributed by atoms with van der Waals surface area (Å²) in [5.41, 5.74) is 2.59. The third kappa shape index (κ3) is 11.8. The summed E-state index contributed by atoms with van der Waals surface area (Å²) < 4.78 is 5.90. The molecule has 9 heteroatoms. The second kappa shape index (κ2) is 19.2. The number of carbonyl (C=O) groups is 1. The molecule has 1 aliphatic rings. The van der Waals surface area contributed by atoms with Crippen LogP contribution in [0.1, 0.15) is 103 Å². The number of allylic oxidation sites excluding steroid dienone is 5. The first-order chi connectivity index (χ1) is 20.9. The molecule has 0 saturated carbocycles. The number of hydrogen-bond acceptors (Lipinski definition) is 9. The van der Waals surface area contributed by atoms with Crippen molar-refractivity contribution in [3.05, 3.63) is 69.3 Å². The lowest BCUT2D eigenvalue weighted by Crippen LogP contribution is -2.46. The minimum absolute atomic E-state index is 0.0866. The number of fused-ring (bicyclic) bond motifs is 2. The summed E-state index contributed by atoms with van der Waals surface area (Å²) in [5, 5.41) is 57.0. The quantitative estimate of drug-likeness (QED) is 0.118. The van der Waals surface area contributed by atoms with E-state index in [4.69, 9.17) is 4.74 Å². The van der Waals surface area contributed by atoms with Crippen molar-refractivity contribution < 1.29 is 35.1 Å². The molecule has 0 fully saturated rings. The maximum Gasteiger partial charge on any atom is 0.334 e. The van der Waals surface area contributed by atoms with Gasteiger partial charge in [0, 0.05) is 35.6 Å². The second-order valence-electron chi connectivity index (χ2n) is 11.9. The molecule has 0 aliphatic carbocycles. The van der Waals surface area contributed by atoms with Crippen LogP contribution in [0.25, 0.3) is 6.08 Å². The number of unbranched alkanes of at least 4 members (excludes halogenated alkanes) is 3. The molecule has 5 N–H and O–H groups in total. The smallest absolute Gasteiger partial charge is 0.334 e. The Bertz CT molecular complexity index is 1180. The molecule has 2 heterocycles. The Hall–Kier alpha value is -2.40. The van der Waals surface area contributed by atoms with E-state index in [9.17, 15) is 30.3 Å². The van der Waals surface area contributed by atoms with Crippen LogP contribution in [-0.4, -0.2) is 73.1 Å². The van der Waals surface area contributed by atoms with Crippen LogP contribution in [-0.2, 0) is 9.53 Å². The zero-order valence-corrected chi connectivity index (χ0v) is 27.9. The van der Waals surface area contributed by atoms with E-state index in [0.29, 0.717) is 28.3 Å². The van der Waals surface area contributed by atoms with E-state index in [0.717, 1.165) is 31.3 Å². The lowest BCUT2D eigenvalue weighted by molar-refractivity contribution is -0.158. The average Bonchev–Trinajstić information content (AvgIpc) is 3.47. The molecule has 2 rings (SSSR count). The summed E-state index contributed by atoms with van der Waals surface area (Å²) in [6.45, 7) is 11.2. The fourth-order valence-corrected chi connectivity index (χ4v) is 5.93. The van der Waals surface area contributed by atoms with Crippen LogP contribution in [0, 0.1) is 5.92 Å². The number of ether oxygens (including phenoxy) is 1. The van der Waals surface area contributed by atoms with Crippen molar-refractivity contribution in [1.82, 2.24) is 4.98 Å². The zero-order valence-electron chi connectivity index (χ0n) is 27.1. The van der Waals surface area contributed by atoms with Gasteiger partial charge < -0.3 is 30.3 Å². The van der Waals surface area contributed by atoms with E-state index in [2.05, 4.69) is 11.9 Å². The summed E-state index contributed by atoms with van der Waals surface area (Å²) in [6, 6.07) is 0. The molecule has 0 saturated heterocycles. The number of aromatic nitrogens is 1. The molecule has 8 atom stereocenters. The zero-order chi connectivity index (χ0) is 32.8. The minimum atomic E-state index is -1.48. The molecule has 246 valence electrons. The number of rotatable bonds is 11. The van der Waals surface area contributed by atoms with Gasteiger partial charge in [0.2, 0.25) is 0 Å². The first-order valence-corrected chi connectivity index (χ1v) is 16.7. The molecule has 0 aromatic carbocycles. The largest absolute Gasteiger partial charge is 0.456 e. The highest BCUT2D eigenvalue weighted by molar-refractivity contribution is 7.09. The van der Waals surface area contributed by atoms with E-state index in [1.807, 2.05) is 38.3 Å². The highest BCUT2D eigenvalue weighted by Gasteiger charge is 2.36. The van der Waals surface area contributed by atoms with Crippen LogP contribution in [0.3, 0.4) is 0 Å². The molecule has 1 aliphatic heterocycles. The molecule has 8 nitrogen and oxygen atoms in total. The summed E-state index contributed by atoms with van der Waals surface area (Å²) in [7, 11) is 0. The number of nitrogens with zero attached hydrogens (tertiary/aromatic N) is 1. The van der Waals surface area contributed by atoms with Crippen LogP contribution in [0.4, 0.5) is 0 Å². The molecule has 0 radical (unpaired) electrons. The van der Waals surface area contributed by atoms with E-state index >= 15 is 0 Å². The Kier molecular flexibility index (Phi) is 16.5. The van der Waals surface area contributed by atoms with Crippen molar-refractivity contribution in [3.63, 3.8) is 0 Å². The minimum Gasteiger partial charge on any atom is -0.456 e. The van der Waals surface area contributed by atoms with Crippen molar-refractivity contribution in [3.8, 4) is 0 Å².